The molecule has 2 aliphatic rings. The molecule has 2 fully saturated rings. The minimum absolute atomic E-state index is 0.0294. The molecular formula is C20H21ClN2OS. The van der Waals surface area contributed by atoms with E-state index < -0.39 is 0 Å². The number of amides is 1. The molecule has 3 atom stereocenters. The van der Waals surface area contributed by atoms with Crippen LogP contribution in [-0.2, 0) is 0 Å². The zero-order chi connectivity index (χ0) is 17.2. The van der Waals surface area contributed by atoms with E-state index in [9.17, 15) is 4.79 Å². The van der Waals surface area contributed by atoms with E-state index in [1.165, 1.54) is 19.5 Å². The van der Waals surface area contributed by atoms with Crippen molar-refractivity contribution in [3.8, 4) is 0 Å². The van der Waals surface area contributed by atoms with Gasteiger partial charge >= 0.3 is 0 Å². The van der Waals surface area contributed by atoms with Crippen molar-refractivity contribution in [2.45, 2.75) is 28.7 Å². The topological polar surface area (TPSA) is 32.3 Å². The minimum atomic E-state index is 0.0294. The van der Waals surface area contributed by atoms with E-state index in [0.29, 0.717) is 0 Å². The molecule has 2 saturated heterocycles. The maximum absolute atomic E-state index is 12.5. The Kier molecular flexibility index (Phi) is 5.02. The Balaban J connectivity index is 1.38. The molecule has 4 rings (SSSR count). The third kappa shape index (κ3) is 4.02. The average Bonchev–Trinajstić information content (AvgIpc) is 2.96. The number of carbonyl (C=O) groups is 1. The van der Waals surface area contributed by atoms with Gasteiger partial charge in [0.05, 0.1) is 5.02 Å². The van der Waals surface area contributed by atoms with Crippen LogP contribution in [0.3, 0.4) is 0 Å². The highest BCUT2D eigenvalue weighted by Gasteiger charge is 2.32. The fraction of sp³-hybridized carbons (Fsp3) is 0.350. The molecule has 5 heteroatoms. The standard InChI is InChI=1S/C20H21ClN2OS/c21-18-3-1-2-4-19(18)25-17-7-5-15(6-8-17)20(24)22-16-11-14-9-10-23(12-14)13-16/h1-8,14,16H,9-13H2,(H,22,24)/t14-,16+/m0/s1. The van der Waals surface area contributed by atoms with Crippen molar-refractivity contribution in [3.05, 3.63) is 59.1 Å². The van der Waals surface area contributed by atoms with Gasteiger partial charge in [-0.1, -0.05) is 35.5 Å². The third-order valence-electron chi connectivity index (χ3n) is 4.98. The molecular weight excluding hydrogens is 352 g/mol. The first-order valence-electron chi connectivity index (χ1n) is 8.73. The Labute approximate surface area is 157 Å². The van der Waals surface area contributed by atoms with Gasteiger partial charge in [-0.3, -0.25) is 4.79 Å². The molecule has 2 bridgehead atoms. The summed E-state index contributed by atoms with van der Waals surface area (Å²) in [7, 11) is 0. The molecule has 0 radical (unpaired) electrons. The maximum Gasteiger partial charge on any atom is 0.251 e. The fourth-order valence-electron chi connectivity index (χ4n) is 3.76. The SMILES string of the molecule is O=C(N[C@@H]1C[C@@H]2CCN(C2)C1)c1ccc(Sc2ccccc2Cl)cc1. The van der Waals surface area contributed by atoms with Crippen LogP contribution < -0.4 is 5.32 Å². The Morgan fingerprint density at radius 1 is 1.12 bits per heavy atom. The van der Waals surface area contributed by atoms with Crippen LogP contribution >= 0.6 is 23.4 Å². The van der Waals surface area contributed by atoms with Crippen molar-refractivity contribution < 1.29 is 4.79 Å². The second-order valence-electron chi connectivity index (χ2n) is 6.88. The van der Waals surface area contributed by atoms with Gasteiger partial charge in [0.1, 0.15) is 0 Å². The zero-order valence-electron chi connectivity index (χ0n) is 14.0. The number of halogens is 1. The summed E-state index contributed by atoms with van der Waals surface area (Å²) >= 11 is 7.81. The molecule has 1 amide bonds. The largest absolute Gasteiger partial charge is 0.348 e. The normalized spacial score (nSPS) is 24.9. The number of hydrogen-bond acceptors (Lipinski definition) is 3. The van der Waals surface area contributed by atoms with Gasteiger partial charge in [-0.2, -0.15) is 0 Å². The number of nitrogens with zero attached hydrogens (tertiary/aromatic N) is 1. The van der Waals surface area contributed by atoms with Crippen LogP contribution in [0.5, 0.6) is 0 Å². The highest BCUT2D eigenvalue weighted by atomic mass is 35.5. The predicted octanol–water partition coefficient (Wildman–Crippen LogP) is 4.32. The van der Waals surface area contributed by atoms with Crippen molar-refractivity contribution >= 4 is 29.3 Å². The second kappa shape index (κ2) is 7.40. The summed E-state index contributed by atoms with van der Waals surface area (Å²) in [5.74, 6) is 0.787. The van der Waals surface area contributed by atoms with E-state index in [-0.39, 0.29) is 11.9 Å². The molecule has 1 N–H and O–H groups in total. The summed E-state index contributed by atoms with van der Waals surface area (Å²) in [4.78, 5) is 17.1. The molecule has 2 aromatic carbocycles. The van der Waals surface area contributed by atoms with Crippen LogP contribution in [0.1, 0.15) is 23.2 Å². The van der Waals surface area contributed by atoms with Crippen molar-refractivity contribution in [1.29, 1.82) is 0 Å². The number of rotatable bonds is 4. The summed E-state index contributed by atoms with van der Waals surface area (Å²) < 4.78 is 0. The van der Waals surface area contributed by atoms with E-state index in [2.05, 4.69) is 10.2 Å². The van der Waals surface area contributed by atoms with Gasteiger partial charge in [0.2, 0.25) is 0 Å². The van der Waals surface area contributed by atoms with Gasteiger partial charge in [0, 0.05) is 34.5 Å². The zero-order valence-corrected chi connectivity index (χ0v) is 15.5. The van der Waals surface area contributed by atoms with Gasteiger partial charge in [0.15, 0.2) is 0 Å². The van der Waals surface area contributed by atoms with Crippen molar-refractivity contribution in [3.63, 3.8) is 0 Å². The number of nitrogens with one attached hydrogen (secondary N) is 1. The van der Waals surface area contributed by atoms with Crippen molar-refractivity contribution in [2.75, 3.05) is 19.6 Å². The molecule has 3 nitrogen and oxygen atoms in total. The molecule has 130 valence electrons. The van der Waals surface area contributed by atoms with Crippen LogP contribution in [0, 0.1) is 5.92 Å². The fourth-order valence-corrected chi connectivity index (χ4v) is 4.85. The molecule has 2 aliphatic heterocycles. The molecule has 2 aromatic rings. The molecule has 2 heterocycles. The molecule has 1 unspecified atom stereocenters. The summed E-state index contributed by atoms with van der Waals surface area (Å²) in [6.07, 6.45) is 2.39. The summed E-state index contributed by atoms with van der Waals surface area (Å²) in [6.45, 7) is 3.38. The van der Waals surface area contributed by atoms with Crippen LogP contribution in [0.25, 0.3) is 0 Å². The lowest BCUT2D eigenvalue weighted by molar-refractivity contribution is 0.0909. The smallest absolute Gasteiger partial charge is 0.251 e. The van der Waals surface area contributed by atoms with E-state index >= 15 is 0 Å². The number of piperidine rings is 1. The monoisotopic (exact) mass is 372 g/mol. The van der Waals surface area contributed by atoms with Crippen molar-refractivity contribution in [2.24, 2.45) is 5.92 Å². The van der Waals surface area contributed by atoms with E-state index in [0.717, 1.165) is 39.3 Å². The van der Waals surface area contributed by atoms with E-state index in [1.54, 1.807) is 11.8 Å². The first kappa shape index (κ1) is 17.0. The van der Waals surface area contributed by atoms with Gasteiger partial charge in [-0.25, -0.2) is 0 Å². The van der Waals surface area contributed by atoms with Gasteiger partial charge in [-0.05, 0) is 61.7 Å². The Hall–Kier alpha value is -1.49. The summed E-state index contributed by atoms with van der Waals surface area (Å²) in [5.41, 5.74) is 0.719. The average molecular weight is 373 g/mol. The number of fused-ring (bicyclic) bond motifs is 2. The van der Waals surface area contributed by atoms with Crippen LogP contribution in [0.4, 0.5) is 0 Å². The molecule has 0 aromatic heterocycles. The Morgan fingerprint density at radius 3 is 2.68 bits per heavy atom. The first-order valence-corrected chi connectivity index (χ1v) is 9.92. The van der Waals surface area contributed by atoms with Gasteiger partial charge in [0.25, 0.3) is 5.91 Å². The van der Waals surface area contributed by atoms with Crippen LogP contribution in [0.2, 0.25) is 5.02 Å². The van der Waals surface area contributed by atoms with E-state index in [4.69, 9.17) is 11.6 Å². The summed E-state index contributed by atoms with van der Waals surface area (Å²) in [6, 6.07) is 15.8. The number of carbonyl (C=O) groups excluding carboxylic acids is 1. The minimum Gasteiger partial charge on any atom is -0.348 e. The molecule has 0 spiro atoms. The van der Waals surface area contributed by atoms with E-state index in [1.807, 2.05) is 48.5 Å². The van der Waals surface area contributed by atoms with Crippen molar-refractivity contribution in [1.82, 2.24) is 10.2 Å². The lowest BCUT2D eigenvalue weighted by Crippen LogP contribution is -2.47. The quantitative estimate of drug-likeness (QED) is 0.867. The predicted molar refractivity (Wildman–Crippen MR) is 102 cm³/mol. The maximum atomic E-state index is 12.5. The Bertz CT molecular complexity index is 753. The van der Waals surface area contributed by atoms with Crippen LogP contribution in [-0.4, -0.2) is 36.5 Å². The highest BCUT2D eigenvalue weighted by molar-refractivity contribution is 7.99. The first-order chi connectivity index (χ1) is 12.2. The molecule has 0 aliphatic carbocycles. The number of benzene rings is 2. The van der Waals surface area contributed by atoms with Crippen LogP contribution in [0.15, 0.2) is 58.3 Å². The lowest BCUT2D eigenvalue weighted by Gasteiger charge is -2.30. The lowest BCUT2D eigenvalue weighted by atomic mass is 9.96. The van der Waals surface area contributed by atoms with Gasteiger partial charge in [-0.15, -0.1) is 0 Å². The summed E-state index contributed by atoms with van der Waals surface area (Å²) in [5, 5.41) is 3.95. The highest BCUT2D eigenvalue weighted by Crippen LogP contribution is 2.33. The molecule has 25 heavy (non-hydrogen) atoms. The van der Waals surface area contributed by atoms with Gasteiger partial charge < -0.3 is 10.2 Å². The number of hydrogen-bond donors (Lipinski definition) is 1. The molecule has 0 saturated carbocycles. The Morgan fingerprint density at radius 2 is 1.92 bits per heavy atom. The second-order valence-corrected chi connectivity index (χ2v) is 8.40. The third-order valence-corrected chi connectivity index (χ3v) is 6.51.